The number of piperidine rings is 1. The van der Waals surface area contributed by atoms with E-state index in [-0.39, 0.29) is 22.2 Å². The summed E-state index contributed by atoms with van der Waals surface area (Å²) in [5.74, 6) is 1.04. The lowest BCUT2D eigenvalue weighted by Gasteiger charge is -2.31. The number of nitrogens with zero attached hydrogens (tertiary/aromatic N) is 5. The molecule has 0 unspecified atom stereocenters. The van der Waals surface area contributed by atoms with Crippen LogP contribution in [0.1, 0.15) is 30.7 Å². The van der Waals surface area contributed by atoms with Gasteiger partial charge in [-0.2, -0.15) is 14.6 Å². The van der Waals surface area contributed by atoms with Crippen molar-refractivity contribution >= 4 is 15.9 Å². The van der Waals surface area contributed by atoms with Crippen LogP contribution in [0.25, 0.3) is 11.7 Å². The standard InChI is InChI=1S/C19H25N5O4S/c1-14-17(29(25,26)24-6-4-3-5-7-24)12-16(27-14)18-21-15(13-20)19(28-18)23-10-8-22(2)9-11-23/h12H,3-11H2,1-2H3. The molecule has 2 fully saturated rings. The molecular weight excluding hydrogens is 394 g/mol. The summed E-state index contributed by atoms with van der Waals surface area (Å²) >= 11 is 0. The fourth-order valence-corrected chi connectivity index (χ4v) is 5.46. The van der Waals surface area contributed by atoms with E-state index in [2.05, 4.69) is 16.0 Å². The maximum absolute atomic E-state index is 13.0. The average molecular weight is 420 g/mol. The second-order valence-corrected chi connectivity index (χ2v) is 9.48. The molecule has 4 heterocycles. The van der Waals surface area contributed by atoms with Gasteiger partial charge in [0.15, 0.2) is 5.76 Å². The number of nitriles is 1. The Labute approximate surface area is 170 Å². The van der Waals surface area contributed by atoms with Gasteiger partial charge in [-0.15, -0.1) is 0 Å². The highest BCUT2D eigenvalue weighted by Crippen LogP contribution is 2.34. The maximum atomic E-state index is 13.0. The first-order chi connectivity index (χ1) is 13.9. The van der Waals surface area contributed by atoms with E-state index in [0.717, 1.165) is 45.4 Å². The van der Waals surface area contributed by atoms with Gasteiger partial charge >= 0.3 is 0 Å². The monoisotopic (exact) mass is 419 g/mol. The summed E-state index contributed by atoms with van der Waals surface area (Å²) in [5, 5.41) is 9.48. The molecule has 156 valence electrons. The number of hydrogen-bond donors (Lipinski definition) is 0. The lowest BCUT2D eigenvalue weighted by molar-refractivity contribution is 0.306. The number of anilines is 1. The minimum atomic E-state index is -3.63. The highest BCUT2D eigenvalue weighted by Gasteiger charge is 2.31. The molecule has 0 saturated carbocycles. The van der Waals surface area contributed by atoms with Crippen LogP contribution in [0.5, 0.6) is 0 Å². The third-order valence-electron chi connectivity index (χ3n) is 5.52. The number of hydrogen-bond acceptors (Lipinski definition) is 8. The van der Waals surface area contributed by atoms with Crippen molar-refractivity contribution in [3.63, 3.8) is 0 Å². The van der Waals surface area contributed by atoms with E-state index in [1.165, 1.54) is 10.4 Å². The highest BCUT2D eigenvalue weighted by molar-refractivity contribution is 7.89. The quantitative estimate of drug-likeness (QED) is 0.741. The van der Waals surface area contributed by atoms with Crippen LogP contribution in [0.3, 0.4) is 0 Å². The average Bonchev–Trinajstić information content (AvgIpc) is 3.33. The maximum Gasteiger partial charge on any atom is 0.266 e. The first-order valence-electron chi connectivity index (χ1n) is 9.85. The topological polar surface area (TPSA) is 107 Å². The number of oxazole rings is 1. The number of rotatable bonds is 4. The molecule has 2 aliphatic heterocycles. The van der Waals surface area contributed by atoms with Crippen LogP contribution in [0.15, 0.2) is 19.8 Å². The first kappa shape index (κ1) is 19.9. The van der Waals surface area contributed by atoms with Crippen molar-refractivity contribution in [3.8, 4) is 17.7 Å². The number of furan rings is 1. The normalized spacial score (nSPS) is 19.4. The third-order valence-corrected chi connectivity index (χ3v) is 7.53. The van der Waals surface area contributed by atoms with E-state index in [4.69, 9.17) is 8.83 Å². The second kappa shape index (κ2) is 7.82. The van der Waals surface area contributed by atoms with E-state index >= 15 is 0 Å². The van der Waals surface area contributed by atoms with Crippen LogP contribution in [-0.4, -0.2) is 68.9 Å². The van der Waals surface area contributed by atoms with Gasteiger partial charge in [0.05, 0.1) is 0 Å². The van der Waals surface area contributed by atoms with E-state index in [1.807, 2.05) is 11.9 Å². The van der Waals surface area contributed by atoms with Crippen molar-refractivity contribution in [1.82, 2.24) is 14.2 Å². The van der Waals surface area contributed by atoms with Gasteiger partial charge in [-0.05, 0) is 26.8 Å². The van der Waals surface area contributed by atoms with Gasteiger partial charge in [0.1, 0.15) is 16.7 Å². The van der Waals surface area contributed by atoms with Gasteiger partial charge in [-0.25, -0.2) is 8.42 Å². The van der Waals surface area contributed by atoms with Crippen molar-refractivity contribution in [1.29, 1.82) is 5.26 Å². The van der Waals surface area contributed by atoms with Crippen molar-refractivity contribution in [2.45, 2.75) is 31.1 Å². The molecule has 2 saturated heterocycles. The largest absolute Gasteiger partial charge is 0.455 e. The molecule has 0 aliphatic carbocycles. The SMILES string of the molecule is Cc1oc(-c2nc(C#N)c(N3CCN(C)CC3)o2)cc1S(=O)(=O)N1CCCCC1. The van der Waals surface area contributed by atoms with E-state index < -0.39 is 10.0 Å². The smallest absolute Gasteiger partial charge is 0.266 e. The summed E-state index contributed by atoms with van der Waals surface area (Å²) in [5.41, 5.74) is 0.180. The Morgan fingerprint density at radius 2 is 1.76 bits per heavy atom. The van der Waals surface area contributed by atoms with Crippen molar-refractivity contribution in [2.24, 2.45) is 0 Å². The van der Waals surface area contributed by atoms with Gasteiger partial charge < -0.3 is 18.6 Å². The van der Waals surface area contributed by atoms with Gasteiger partial charge in [-0.1, -0.05) is 6.42 Å². The van der Waals surface area contributed by atoms with Crippen LogP contribution in [0, 0.1) is 18.3 Å². The molecular formula is C19H25N5O4S. The van der Waals surface area contributed by atoms with Crippen molar-refractivity contribution in [2.75, 3.05) is 51.2 Å². The first-order valence-corrected chi connectivity index (χ1v) is 11.3. The predicted molar refractivity (Wildman–Crippen MR) is 106 cm³/mol. The lowest BCUT2D eigenvalue weighted by atomic mass is 10.2. The Balaban J connectivity index is 1.65. The minimum Gasteiger partial charge on any atom is -0.455 e. The molecule has 10 heteroatoms. The van der Waals surface area contributed by atoms with E-state index in [1.54, 1.807) is 6.92 Å². The molecule has 0 atom stereocenters. The molecule has 2 aromatic rings. The van der Waals surface area contributed by atoms with Crippen molar-refractivity contribution < 1.29 is 17.3 Å². The molecule has 0 bridgehead atoms. The van der Waals surface area contributed by atoms with Crippen LogP contribution < -0.4 is 4.90 Å². The number of sulfonamides is 1. The Kier molecular flexibility index (Phi) is 5.38. The number of aryl methyl sites for hydroxylation is 1. The van der Waals surface area contributed by atoms with Gasteiger partial charge in [0, 0.05) is 45.3 Å². The van der Waals surface area contributed by atoms with E-state index in [9.17, 15) is 13.7 Å². The van der Waals surface area contributed by atoms with Gasteiger partial charge in [-0.3, -0.25) is 0 Å². The minimum absolute atomic E-state index is 0.124. The lowest BCUT2D eigenvalue weighted by Crippen LogP contribution is -2.44. The van der Waals surface area contributed by atoms with Crippen LogP contribution in [0.2, 0.25) is 0 Å². The summed E-state index contributed by atoms with van der Waals surface area (Å²) in [4.78, 5) is 8.57. The van der Waals surface area contributed by atoms with E-state index in [0.29, 0.717) is 24.7 Å². The zero-order valence-corrected chi connectivity index (χ0v) is 17.5. The zero-order chi connectivity index (χ0) is 20.6. The molecule has 4 rings (SSSR count). The number of likely N-dealkylation sites (N-methyl/N-ethyl adjacent to an activating group) is 1. The van der Waals surface area contributed by atoms with Crippen LogP contribution >= 0.6 is 0 Å². The summed E-state index contributed by atoms with van der Waals surface area (Å²) < 4.78 is 39.1. The Hall–Kier alpha value is -2.35. The molecule has 0 N–H and O–H groups in total. The Bertz CT molecular complexity index is 1020. The Morgan fingerprint density at radius 3 is 2.41 bits per heavy atom. The summed E-state index contributed by atoms with van der Waals surface area (Å²) in [7, 11) is -1.58. The molecule has 9 nitrogen and oxygen atoms in total. The van der Waals surface area contributed by atoms with Gasteiger partial charge in [0.2, 0.25) is 21.6 Å². The second-order valence-electron chi connectivity index (χ2n) is 7.57. The molecule has 2 aliphatic rings. The van der Waals surface area contributed by atoms with Crippen LogP contribution in [0.4, 0.5) is 5.88 Å². The predicted octanol–water partition coefficient (Wildman–Crippen LogP) is 2.04. The number of aromatic nitrogens is 1. The zero-order valence-electron chi connectivity index (χ0n) is 16.7. The molecule has 0 aromatic carbocycles. The Morgan fingerprint density at radius 1 is 1.07 bits per heavy atom. The third kappa shape index (κ3) is 3.77. The fraction of sp³-hybridized carbons (Fsp3) is 0.579. The highest BCUT2D eigenvalue weighted by atomic mass is 32.2. The van der Waals surface area contributed by atoms with Gasteiger partial charge in [0.25, 0.3) is 5.89 Å². The summed E-state index contributed by atoms with van der Waals surface area (Å²) in [6.07, 6.45) is 2.77. The molecule has 29 heavy (non-hydrogen) atoms. The van der Waals surface area contributed by atoms with Crippen LogP contribution in [-0.2, 0) is 10.0 Å². The molecule has 0 spiro atoms. The summed E-state index contributed by atoms with van der Waals surface area (Å²) in [6.45, 7) is 5.84. The number of piperazine rings is 1. The fourth-order valence-electron chi connectivity index (χ4n) is 3.79. The molecule has 0 amide bonds. The molecule has 0 radical (unpaired) electrons. The summed E-state index contributed by atoms with van der Waals surface area (Å²) in [6, 6.07) is 3.53. The van der Waals surface area contributed by atoms with Crippen molar-refractivity contribution in [3.05, 3.63) is 17.5 Å². The molecule has 2 aromatic heterocycles.